The molecule has 0 amide bonds. The third kappa shape index (κ3) is 4.31. The molecule has 0 atom stereocenters. The van der Waals surface area contributed by atoms with Gasteiger partial charge in [-0.3, -0.25) is 10.1 Å². The zero-order valence-corrected chi connectivity index (χ0v) is 18.5. The summed E-state index contributed by atoms with van der Waals surface area (Å²) in [6.45, 7) is 0.762. The Labute approximate surface area is 193 Å². The van der Waals surface area contributed by atoms with Crippen LogP contribution in [0.3, 0.4) is 0 Å². The van der Waals surface area contributed by atoms with Gasteiger partial charge in [0.2, 0.25) is 6.79 Å². The summed E-state index contributed by atoms with van der Waals surface area (Å²) in [6.07, 6.45) is 0. The van der Waals surface area contributed by atoms with E-state index >= 15 is 0 Å². The van der Waals surface area contributed by atoms with Gasteiger partial charge in [-0.05, 0) is 59.7 Å². The first-order valence-corrected chi connectivity index (χ1v) is 11.0. The van der Waals surface area contributed by atoms with Crippen molar-refractivity contribution >= 4 is 22.7 Å². The molecule has 33 heavy (non-hydrogen) atoms. The number of hydrogen-bond donors (Lipinski definition) is 0. The van der Waals surface area contributed by atoms with Crippen molar-refractivity contribution in [1.82, 2.24) is 4.57 Å². The zero-order chi connectivity index (χ0) is 22.8. The number of nitrogens with zero attached hydrogens (tertiary/aromatic N) is 3. The Kier molecular flexibility index (Phi) is 5.54. The average molecular weight is 461 g/mol. The van der Waals surface area contributed by atoms with Crippen LogP contribution in [0.5, 0.6) is 17.2 Å². The lowest BCUT2D eigenvalue weighted by molar-refractivity contribution is -0.384. The molecule has 1 aliphatic rings. The van der Waals surface area contributed by atoms with Crippen molar-refractivity contribution in [2.75, 3.05) is 13.9 Å². The van der Waals surface area contributed by atoms with E-state index in [1.165, 1.54) is 23.5 Å². The quantitative estimate of drug-likeness (QED) is 0.293. The van der Waals surface area contributed by atoms with Crippen LogP contribution in [-0.2, 0) is 6.54 Å². The van der Waals surface area contributed by atoms with Gasteiger partial charge in [-0.2, -0.15) is 0 Å². The molecule has 1 aliphatic heterocycles. The molecule has 2 heterocycles. The van der Waals surface area contributed by atoms with Crippen LogP contribution in [0.2, 0.25) is 0 Å². The minimum absolute atomic E-state index is 0.0550. The van der Waals surface area contributed by atoms with Gasteiger partial charge in [0, 0.05) is 17.5 Å². The van der Waals surface area contributed by atoms with Gasteiger partial charge in [0.1, 0.15) is 5.75 Å². The van der Waals surface area contributed by atoms with Crippen molar-refractivity contribution in [2.45, 2.75) is 6.54 Å². The summed E-state index contributed by atoms with van der Waals surface area (Å²) in [5.41, 5.74) is 3.66. The van der Waals surface area contributed by atoms with E-state index in [1.54, 1.807) is 19.2 Å². The van der Waals surface area contributed by atoms with Crippen LogP contribution >= 0.6 is 11.3 Å². The molecule has 0 N–H and O–H groups in total. The van der Waals surface area contributed by atoms with Gasteiger partial charge >= 0.3 is 0 Å². The molecule has 0 unspecified atom stereocenters. The number of aromatic nitrogens is 1. The van der Waals surface area contributed by atoms with Gasteiger partial charge in [-0.25, -0.2) is 4.99 Å². The van der Waals surface area contributed by atoms with E-state index in [-0.39, 0.29) is 12.5 Å². The van der Waals surface area contributed by atoms with Crippen LogP contribution in [0.15, 0.2) is 77.1 Å². The van der Waals surface area contributed by atoms with Crippen LogP contribution in [0.25, 0.3) is 11.3 Å². The number of hydrogen-bond acceptors (Lipinski definition) is 7. The van der Waals surface area contributed by atoms with E-state index < -0.39 is 4.92 Å². The second-order valence-electron chi connectivity index (χ2n) is 7.29. The molecule has 166 valence electrons. The molecular weight excluding hydrogens is 442 g/mol. The highest BCUT2D eigenvalue weighted by atomic mass is 32.1. The SMILES string of the molecule is COc1ccc(N=c2scc(-c3ccc([N+](=O)[O-])cc3)n2Cc2ccc3c(c2)OCO3)cc1. The molecule has 3 aromatic carbocycles. The molecule has 0 aliphatic carbocycles. The number of thiazole rings is 1. The number of nitro benzene ring substituents is 1. The molecule has 0 radical (unpaired) electrons. The van der Waals surface area contributed by atoms with E-state index in [4.69, 9.17) is 19.2 Å². The number of methoxy groups -OCH3 is 1. The summed E-state index contributed by atoms with van der Waals surface area (Å²) >= 11 is 1.51. The predicted molar refractivity (Wildman–Crippen MR) is 124 cm³/mol. The fourth-order valence-electron chi connectivity index (χ4n) is 3.55. The second-order valence-corrected chi connectivity index (χ2v) is 8.13. The van der Waals surface area contributed by atoms with Crippen molar-refractivity contribution < 1.29 is 19.1 Å². The summed E-state index contributed by atoms with van der Waals surface area (Å²) in [4.78, 5) is 16.3. The standard InChI is InChI=1S/C24H19N3O5S/c1-30-20-9-5-18(6-10-20)25-24-26(13-16-2-11-22-23(12-16)32-15-31-22)21(14-33-24)17-3-7-19(8-4-17)27(28)29/h2-12,14H,13,15H2,1H3. The summed E-state index contributed by atoms with van der Waals surface area (Å²) in [7, 11) is 1.63. The smallest absolute Gasteiger partial charge is 0.269 e. The molecule has 4 aromatic rings. The van der Waals surface area contributed by atoms with Gasteiger partial charge in [0.25, 0.3) is 5.69 Å². The highest BCUT2D eigenvalue weighted by Crippen LogP contribution is 2.33. The summed E-state index contributed by atoms with van der Waals surface area (Å²) in [6, 6.07) is 19.9. The monoisotopic (exact) mass is 461 g/mol. The van der Waals surface area contributed by atoms with E-state index in [1.807, 2.05) is 47.8 Å². The third-order valence-corrected chi connectivity index (χ3v) is 6.11. The number of benzene rings is 3. The number of non-ortho nitro benzene ring substituents is 1. The number of fused-ring (bicyclic) bond motifs is 1. The van der Waals surface area contributed by atoms with Crippen molar-refractivity contribution in [3.63, 3.8) is 0 Å². The lowest BCUT2D eigenvalue weighted by Crippen LogP contribution is -2.16. The van der Waals surface area contributed by atoms with Crippen molar-refractivity contribution in [3.05, 3.63) is 92.6 Å². The molecular formula is C24H19N3O5S. The molecule has 5 rings (SSSR count). The van der Waals surface area contributed by atoms with Gasteiger partial charge in [0.15, 0.2) is 16.3 Å². The molecule has 0 fully saturated rings. The zero-order valence-electron chi connectivity index (χ0n) is 17.6. The van der Waals surface area contributed by atoms with Crippen LogP contribution in [0.4, 0.5) is 11.4 Å². The van der Waals surface area contributed by atoms with Crippen molar-refractivity contribution in [1.29, 1.82) is 0 Å². The average Bonchev–Trinajstić information content (AvgIpc) is 3.46. The molecule has 9 heteroatoms. The fraction of sp³-hybridized carbons (Fsp3) is 0.125. The molecule has 0 saturated heterocycles. The minimum Gasteiger partial charge on any atom is -0.497 e. The Balaban J connectivity index is 1.58. The van der Waals surface area contributed by atoms with Crippen LogP contribution in [-0.4, -0.2) is 23.4 Å². The lowest BCUT2D eigenvalue weighted by atomic mass is 10.1. The third-order valence-electron chi connectivity index (χ3n) is 5.25. The summed E-state index contributed by atoms with van der Waals surface area (Å²) in [5.74, 6) is 2.21. The fourth-order valence-corrected chi connectivity index (χ4v) is 4.47. The molecule has 0 spiro atoms. The van der Waals surface area contributed by atoms with Gasteiger partial charge in [0.05, 0.1) is 30.0 Å². The maximum Gasteiger partial charge on any atom is 0.269 e. The minimum atomic E-state index is -0.400. The van der Waals surface area contributed by atoms with E-state index in [0.717, 1.165) is 38.8 Å². The van der Waals surface area contributed by atoms with Crippen molar-refractivity contribution in [3.8, 4) is 28.5 Å². The second kappa shape index (κ2) is 8.79. The molecule has 0 bridgehead atoms. The Bertz CT molecular complexity index is 1370. The summed E-state index contributed by atoms with van der Waals surface area (Å²) in [5, 5.41) is 13.1. The first kappa shape index (κ1) is 20.8. The number of nitro groups is 1. The highest BCUT2D eigenvalue weighted by molar-refractivity contribution is 7.07. The Morgan fingerprint density at radius 2 is 1.82 bits per heavy atom. The molecule has 8 nitrogen and oxygen atoms in total. The summed E-state index contributed by atoms with van der Waals surface area (Å²) < 4.78 is 18.3. The number of ether oxygens (including phenoxy) is 3. The Hall–Kier alpha value is -4.11. The van der Waals surface area contributed by atoms with E-state index in [9.17, 15) is 10.1 Å². The van der Waals surface area contributed by atoms with Gasteiger partial charge in [-0.1, -0.05) is 6.07 Å². The van der Waals surface area contributed by atoms with Gasteiger partial charge in [-0.15, -0.1) is 11.3 Å². The largest absolute Gasteiger partial charge is 0.497 e. The normalized spacial score (nSPS) is 12.7. The van der Waals surface area contributed by atoms with Gasteiger partial charge < -0.3 is 18.8 Å². The molecule has 1 aromatic heterocycles. The topological polar surface area (TPSA) is 88.1 Å². The van der Waals surface area contributed by atoms with E-state index in [2.05, 4.69) is 4.57 Å². The Morgan fingerprint density at radius 3 is 2.55 bits per heavy atom. The maximum absolute atomic E-state index is 11.1. The van der Waals surface area contributed by atoms with Crippen LogP contribution in [0.1, 0.15) is 5.56 Å². The van der Waals surface area contributed by atoms with Crippen LogP contribution in [0, 0.1) is 10.1 Å². The predicted octanol–water partition coefficient (Wildman–Crippen LogP) is 5.14. The first-order valence-electron chi connectivity index (χ1n) is 10.1. The highest BCUT2D eigenvalue weighted by Gasteiger charge is 2.16. The van der Waals surface area contributed by atoms with E-state index in [0.29, 0.717) is 12.3 Å². The van der Waals surface area contributed by atoms with Crippen molar-refractivity contribution in [2.24, 2.45) is 4.99 Å². The first-order chi connectivity index (χ1) is 16.1. The van der Waals surface area contributed by atoms with Crippen LogP contribution < -0.4 is 19.0 Å². The maximum atomic E-state index is 11.1. The molecule has 0 saturated carbocycles. The Morgan fingerprint density at radius 1 is 1.06 bits per heavy atom. The number of rotatable bonds is 6. The lowest BCUT2D eigenvalue weighted by Gasteiger charge is -2.10.